The molecule has 23 heavy (non-hydrogen) atoms. The van der Waals surface area contributed by atoms with Crippen LogP contribution >= 0.6 is 0 Å². The number of benzene rings is 1. The van der Waals surface area contributed by atoms with E-state index in [-0.39, 0.29) is 18.4 Å². The van der Waals surface area contributed by atoms with Gasteiger partial charge in [0.1, 0.15) is 0 Å². The lowest BCUT2D eigenvalue weighted by Gasteiger charge is -2.24. The van der Waals surface area contributed by atoms with Crippen LogP contribution in [0.1, 0.15) is 51.7 Å². The number of hydrogen-bond acceptors (Lipinski definition) is 2. The fraction of sp³-hybridized carbons (Fsp3) is 0.579. The second-order valence-electron chi connectivity index (χ2n) is 7.36. The quantitative estimate of drug-likeness (QED) is 0.877. The van der Waals surface area contributed by atoms with Crippen molar-refractivity contribution in [1.29, 1.82) is 0 Å². The number of nitrogens with zero attached hydrogens (tertiary/aromatic N) is 1. The summed E-state index contributed by atoms with van der Waals surface area (Å²) in [5.74, 6) is -0.0847. The SMILES string of the molecule is CCc1ccc(CN(C(=O)CNC(=O)C(C)(C)C)C2CC2)cc1. The van der Waals surface area contributed by atoms with E-state index in [2.05, 4.69) is 36.5 Å². The van der Waals surface area contributed by atoms with Gasteiger partial charge in [-0.2, -0.15) is 0 Å². The maximum absolute atomic E-state index is 12.5. The maximum Gasteiger partial charge on any atom is 0.242 e. The van der Waals surface area contributed by atoms with E-state index >= 15 is 0 Å². The molecule has 0 unspecified atom stereocenters. The molecule has 1 aromatic carbocycles. The number of hydrogen-bond donors (Lipinski definition) is 1. The first-order chi connectivity index (χ1) is 10.8. The van der Waals surface area contributed by atoms with Gasteiger partial charge < -0.3 is 10.2 Å². The molecular formula is C19H28N2O2. The van der Waals surface area contributed by atoms with Gasteiger partial charge in [0.05, 0.1) is 6.54 Å². The van der Waals surface area contributed by atoms with Crippen LogP contribution < -0.4 is 5.32 Å². The molecule has 1 aliphatic carbocycles. The summed E-state index contributed by atoms with van der Waals surface area (Å²) >= 11 is 0. The molecule has 1 aromatic rings. The van der Waals surface area contributed by atoms with Crippen LogP contribution in [0.25, 0.3) is 0 Å². The number of aryl methyl sites for hydroxylation is 1. The van der Waals surface area contributed by atoms with E-state index in [1.807, 2.05) is 25.7 Å². The minimum atomic E-state index is -0.472. The third-order valence-electron chi connectivity index (χ3n) is 4.17. The lowest BCUT2D eigenvalue weighted by Crippen LogP contribution is -2.44. The molecule has 126 valence electrons. The molecule has 1 fully saturated rings. The zero-order valence-corrected chi connectivity index (χ0v) is 14.7. The molecule has 0 saturated heterocycles. The van der Waals surface area contributed by atoms with Crippen LogP contribution in [0.2, 0.25) is 0 Å². The second-order valence-corrected chi connectivity index (χ2v) is 7.36. The number of carbonyl (C=O) groups excluding carboxylic acids is 2. The van der Waals surface area contributed by atoms with Crippen molar-refractivity contribution >= 4 is 11.8 Å². The summed E-state index contributed by atoms with van der Waals surface area (Å²) < 4.78 is 0. The van der Waals surface area contributed by atoms with E-state index in [4.69, 9.17) is 0 Å². The topological polar surface area (TPSA) is 49.4 Å². The Morgan fingerprint density at radius 2 is 1.70 bits per heavy atom. The molecule has 1 saturated carbocycles. The molecule has 2 amide bonds. The van der Waals surface area contributed by atoms with Gasteiger partial charge in [-0.05, 0) is 30.4 Å². The van der Waals surface area contributed by atoms with Crippen LogP contribution in [0.3, 0.4) is 0 Å². The van der Waals surface area contributed by atoms with Gasteiger partial charge >= 0.3 is 0 Å². The molecule has 0 spiro atoms. The monoisotopic (exact) mass is 316 g/mol. The zero-order chi connectivity index (χ0) is 17.0. The van der Waals surface area contributed by atoms with Crippen molar-refractivity contribution in [3.63, 3.8) is 0 Å². The van der Waals surface area contributed by atoms with Crippen LogP contribution in [0.5, 0.6) is 0 Å². The van der Waals surface area contributed by atoms with Gasteiger partial charge in [0, 0.05) is 18.0 Å². The highest BCUT2D eigenvalue weighted by Gasteiger charge is 2.33. The first kappa shape index (κ1) is 17.5. The van der Waals surface area contributed by atoms with Crippen molar-refractivity contribution in [3.8, 4) is 0 Å². The Balaban J connectivity index is 1.95. The minimum Gasteiger partial charge on any atom is -0.347 e. The standard InChI is InChI=1S/C19H28N2O2/c1-5-14-6-8-15(9-7-14)13-21(16-10-11-16)17(22)12-20-18(23)19(2,3)4/h6-9,16H,5,10-13H2,1-4H3,(H,20,23). The maximum atomic E-state index is 12.5. The molecule has 0 aromatic heterocycles. The molecule has 4 nitrogen and oxygen atoms in total. The molecule has 0 radical (unpaired) electrons. The first-order valence-corrected chi connectivity index (χ1v) is 8.47. The van der Waals surface area contributed by atoms with Gasteiger partial charge in [-0.3, -0.25) is 9.59 Å². The lowest BCUT2D eigenvalue weighted by molar-refractivity contribution is -0.136. The van der Waals surface area contributed by atoms with Gasteiger partial charge in [-0.1, -0.05) is 52.0 Å². The minimum absolute atomic E-state index is 0.00432. The van der Waals surface area contributed by atoms with Crippen LogP contribution in [-0.4, -0.2) is 29.3 Å². The van der Waals surface area contributed by atoms with Crippen molar-refractivity contribution in [2.75, 3.05) is 6.54 Å². The lowest BCUT2D eigenvalue weighted by atomic mass is 9.96. The van der Waals surface area contributed by atoms with Crippen molar-refractivity contribution < 1.29 is 9.59 Å². The first-order valence-electron chi connectivity index (χ1n) is 8.47. The van der Waals surface area contributed by atoms with E-state index < -0.39 is 5.41 Å². The Labute approximate surface area is 139 Å². The molecule has 0 bridgehead atoms. The largest absolute Gasteiger partial charge is 0.347 e. The fourth-order valence-corrected chi connectivity index (χ4v) is 2.41. The van der Waals surface area contributed by atoms with Crippen LogP contribution in [0, 0.1) is 5.41 Å². The van der Waals surface area contributed by atoms with Gasteiger partial charge in [0.2, 0.25) is 11.8 Å². The molecule has 2 rings (SSSR count). The Bertz CT molecular complexity index is 554. The summed E-state index contributed by atoms with van der Waals surface area (Å²) in [6, 6.07) is 8.75. The smallest absolute Gasteiger partial charge is 0.242 e. The average molecular weight is 316 g/mol. The summed E-state index contributed by atoms with van der Waals surface area (Å²) in [6.07, 6.45) is 3.14. The summed E-state index contributed by atoms with van der Waals surface area (Å²) in [6.45, 7) is 8.38. The Hall–Kier alpha value is -1.84. The number of carbonyl (C=O) groups is 2. The molecule has 0 atom stereocenters. The van der Waals surface area contributed by atoms with Gasteiger partial charge in [0.25, 0.3) is 0 Å². The van der Waals surface area contributed by atoms with Crippen molar-refractivity contribution in [3.05, 3.63) is 35.4 Å². The summed E-state index contributed by atoms with van der Waals surface area (Å²) in [4.78, 5) is 26.3. The number of nitrogens with one attached hydrogen (secondary N) is 1. The molecule has 1 N–H and O–H groups in total. The third-order valence-corrected chi connectivity index (χ3v) is 4.17. The Kier molecular flexibility index (Phi) is 5.45. The predicted octanol–water partition coefficient (Wildman–Crippen LogP) is 2.90. The van der Waals surface area contributed by atoms with Gasteiger partial charge in [-0.25, -0.2) is 0 Å². The molecular weight excluding hydrogens is 288 g/mol. The zero-order valence-electron chi connectivity index (χ0n) is 14.7. The third kappa shape index (κ3) is 5.08. The second kappa shape index (κ2) is 7.16. The van der Waals surface area contributed by atoms with Crippen LogP contribution in [0.15, 0.2) is 24.3 Å². The van der Waals surface area contributed by atoms with E-state index in [0.717, 1.165) is 24.8 Å². The molecule has 1 aliphatic rings. The average Bonchev–Trinajstić information content (AvgIpc) is 3.34. The fourth-order valence-electron chi connectivity index (χ4n) is 2.41. The predicted molar refractivity (Wildman–Crippen MR) is 91.9 cm³/mol. The van der Waals surface area contributed by atoms with Gasteiger partial charge in [-0.15, -0.1) is 0 Å². The van der Waals surface area contributed by atoms with Crippen LogP contribution in [0.4, 0.5) is 0 Å². The highest BCUT2D eigenvalue weighted by molar-refractivity contribution is 5.87. The Morgan fingerprint density at radius 1 is 1.13 bits per heavy atom. The highest BCUT2D eigenvalue weighted by atomic mass is 16.2. The van der Waals surface area contributed by atoms with Crippen molar-refractivity contribution in [2.45, 2.75) is 59.5 Å². The summed E-state index contributed by atoms with van der Waals surface area (Å²) in [7, 11) is 0. The van der Waals surface area contributed by atoms with E-state index in [1.54, 1.807) is 0 Å². The highest BCUT2D eigenvalue weighted by Crippen LogP contribution is 2.28. The van der Waals surface area contributed by atoms with Crippen LogP contribution in [-0.2, 0) is 22.6 Å². The summed E-state index contributed by atoms with van der Waals surface area (Å²) in [5, 5.41) is 2.76. The Morgan fingerprint density at radius 3 is 2.17 bits per heavy atom. The van der Waals surface area contributed by atoms with E-state index in [9.17, 15) is 9.59 Å². The van der Waals surface area contributed by atoms with Crippen molar-refractivity contribution in [2.24, 2.45) is 5.41 Å². The number of amides is 2. The molecule has 0 aliphatic heterocycles. The van der Waals surface area contributed by atoms with Gasteiger partial charge in [0.15, 0.2) is 0 Å². The van der Waals surface area contributed by atoms with Crippen molar-refractivity contribution in [1.82, 2.24) is 10.2 Å². The van der Waals surface area contributed by atoms with E-state index in [1.165, 1.54) is 5.56 Å². The summed E-state index contributed by atoms with van der Waals surface area (Å²) in [5.41, 5.74) is 1.97. The number of rotatable bonds is 6. The molecule has 4 heteroatoms. The molecule has 0 heterocycles. The normalized spacial score (nSPS) is 14.4. The van der Waals surface area contributed by atoms with E-state index in [0.29, 0.717) is 12.6 Å².